The fraction of sp³-hybridized carbons (Fsp3) is 0.571. The number of nitrogen functional groups attached to an aromatic ring is 1. The van der Waals surface area contributed by atoms with E-state index in [1.54, 1.807) is 6.92 Å². The van der Waals surface area contributed by atoms with Crippen molar-refractivity contribution in [2.24, 2.45) is 0 Å². The van der Waals surface area contributed by atoms with Crippen LogP contribution in [0.2, 0.25) is 0 Å². The topological polar surface area (TPSA) is 76.3 Å². The average Bonchev–Trinajstić information content (AvgIpc) is 2.61. The number of thiazole rings is 1. The van der Waals surface area contributed by atoms with Gasteiger partial charge in [-0.15, -0.1) is 11.3 Å². The number of anilines is 1. The molecule has 5 nitrogen and oxygen atoms in total. The Balaban J connectivity index is 2.24. The summed E-state index contributed by atoms with van der Waals surface area (Å²) in [6.07, 6.45) is 0. The predicted octanol–water partition coefficient (Wildman–Crippen LogP) is 0.391. The van der Waals surface area contributed by atoms with Crippen molar-refractivity contribution in [2.45, 2.75) is 20.0 Å². The zero-order valence-corrected chi connectivity index (χ0v) is 9.36. The van der Waals surface area contributed by atoms with Crippen LogP contribution in [0.1, 0.15) is 17.5 Å². The Morgan fingerprint density at radius 1 is 1.57 bits per heavy atom. The first-order valence-corrected chi connectivity index (χ1v) is 6.67. The molecule has 14 heavy (non-hydrogen) atoms. The molecule has 0 saturated carbocycles. The molecule has 0 aromatic carbocycles. The molecule has 0 aliphatic carbocycles. The Morgan fingerprint density at radius 3 is 2.86 bits per heavy atom. The Bertz CT molecular complexity index is 428. The van der Waals surface area contributed by atoms with Crippen LogP contribution in [0.5, 0.6) is 0 Å². The molecule has 0 spiro atoms. The zero-order valence-electron chi connectivity index (χ0n) is 7.73. The van der Waals surface area contributed by atoms with Crippen LogP contribution in [0.3, 0.4) is 0 Å². The number of nitrogens with two attached hydrogens (primary N) is 1. The summed E-state index contributed by atoms with van der Waals surface area (Å²) in [5, 5.41) is 0.517. The molecule has 78 valence electrons. The molecule has 2 rings (SSSR count). The maximum atomic E-state index is 11.5. The van der Waals surface area contributed by atoms with E-state index in [0.717, 1.165) is 10.6 Å². The second-order valence-corrected chi connectivity index (χ2v) is 6.46. The molecule has 1 aliphatic heterocycles. The van der Waals surface area contributed by atoms with E-state index in [1.165, 1.54) is 15.6 Å². The molecule has 0 atom stereocenters. The van der Waals surface area contributed by atoms with Crippen molar-refractivity contribution < 1.29 is 8.42 Å². The van der Waals surface area contributed by atoms with Gasteiger partial charge in [0.15, 0.2) is 5.13 Å². The summed E-state index contributed by atoms with van der Waals surface area (Å²) in [6, 6.07) is 0. The third kappa shape index (κ3) is 1.51. The molecule has 7 heteroatoms. The highest BCUT2D eigenvalue weighted by molar-refractivity contribution is 7.89. The molecule has 0 unspecified atom stereocenters. The number of hydrogen-bond donors (Lipinski definition) is 1. The van der Waals surface area contributed by atoms with Gasteiger partial charge in [-0.3, -0.25) is 0 Å². The lowest BCUT2D eigenvalue weighted by Gasteiger charge is -2.13. The Hall–Kier alpha value is -0.660. The van der Waals surface area contributed by atoms with Crippen molar-refractivity contribution in [3.63, 3.8) is 0 Å². The van der Waals surface area contributed by atoms with E-state index in [4.69, 9.17) is 5.73 Å². The van der Waals surface area contributed by atoms with Crippen LogP contribution in [0, 0.1) is 0 Å². The minimum Gasteiger partial charge on any atom is -0.375 e. The molecule has 1 aromatic rings. The van der Waals surface area contributed by atoms with Gasteiger partial charge in [0.05, 0.1) is 24.5 Å². The SMILES string of the molecule is CCS(=O)(=O)N1Cc2nc(N)sc2C1. The quantitative estimate of drug-likeness (QED) is 0.801. The molecular formula is C7H11N3O2S2. The molecular weight excluding hydrogens is 222 g/mol. The summed E-state index contributed by atoms with van der Waals surface area (Å²) in [5.41, 5.74) is 6.33. The fourth-order valence-electron chi connectivity index (χ4n) is 1.41. The molecule has 0 amide bonds. The molecule has 0 saturated heterocycles. The average molecular weight is 233 g/mol. The van der Waals surface area contributed by atoms with Crippen LogP contribution < -0.4 is 5.73 Å². The van der Waals surface area contributed by atoms with Gasteiger partial charge in [0.2, 0.25) is 10.0 Å². The summed E-state index contributed by atoms with van der Waals surface area (Å²) in [4.78, 5) is 5.05. The van der Waals surface area contributed by atoms with E-state index in [9.17, 15) is 8.42 Å². The smallest absolute Gasteiger partial charge is 0.214 e. The first kappa shape index (κ1) is 9.88. The first-order chi connectivity index (χ1) is 6.53. The number of rotatable bonds is 2. The van der Waals surface area contributed by atoms with Crippen LogP contribution in [0.4, 0.5) is 5.13 Å². The maximum absolute atomic E-state index is 11.5. The van der Waals surface area contributed by atoms with Crippen molar-refractivity contribution in [1.29, 1.82) is 0 Å². The molecule has 2 heterocycles. The second kappa shape index (κ2) is 3.18. The summed E-state index contributed by atoms with van der Waals surface area (Å²) in [6.45, 7) is 2.45. The minimum absolute atomic E-state index is 0.136. The molecule has 0 bridgehead atoms. The largest absolute Gasteiger partial charge is 0.375 e. The normalized spacial score (nSPS) is 17.2. The first-order valence-electron chi connectivity index (χ1n) is 4.25. The summed E-state index contributed by atoms with van der Waals surface area (Å²) in [7, 11) is -3.09. The van der Waals surface area contributed by atoms with Gasteiger partial charge in [-0.2, -0.15) is 4.31 Å². The summed E-state index contributed by atoms with van der Waals surface area (Å²) < 4.78 is 24.5. The van der Waals surface area contributed by atoms with E-state index in [-0.39, 0.29) is 5.75 Å². The molecule has 0 fully saturated rings. The van der Waals surface area contributed by atoms with Gasteiger partial charge in [0.1, 0.15) is 0 Å². The zero-order chi connectivity index (χ0) is 10.3. The van der Waals surface area contributed by atoms with Crippen molar-refractivity contribution >= 4 is 26.5 Å². The highest BCUT2D eigenvalue weighted by Gasteiger charge is 2.30. The second-order valence-electron chi connectivity index (χ2n) is 3.09. The monoisotopic (exact) mass is 233 g/mol. The molecule has 2 N–H and O–H groups in total. The van der Waals surface area contributed by atoms with Gasteiger partial charge in [-0.25, -0.2) is 13.4 Å². The van der Waals surface area contributed by atoms with E-state index >= 15 is 0 Å². The standard InChI is InChI=1S/C7H11N3O2S2/c1-2-14(11,12)10-3-5-6(4-10)13-7(8)9-5/h2-4H2,1H3,(H2,8,9). The lowest BCUT2D eigenvalue weighted by molar-refractivity contribution is 0.431. The van der Waals surface area contributed by atoms with Crippen LogP contribution >= 0.6 is 11.3 Å². The van der Waals surface area contributed by atoms with Gasteiger partial charge in [0, 0.05) is 4.88 Å². The van der Waals surface area contributed by atoms with Crippen molar-refractivity contribution in [2.75, 3.05) is 11.5 Å². The Labute approximate surface area is 86.6 Å². The molecule has 1 aliphatic rings. The van der Waals surface area contributed by atoms with Crippen LogP contribution in [0.15, 0.2) is 0 Å². The van der Waals surface area contributed by atoms with Crippen molar-refractivity contribution in [3.05, 3.63) is 10.6 Å². The lowest BCUT2D eigenvalue weighted by atomic mass is 10.4. The van der Waals surface area contributed by atoms with Crippen molar-refractivity contribution in [1.82, 2.24) is 9.29 Å². The predicted molar refractivity (Wildman–Crippen MR) is 55.2 cm³/mol. The molecule has 1 aromatic heterocycles. The third-order valence-electron chi connectivity index (χ3n) is 2.20. The van der Waals surface area contributed by atoms with Crippen molar-refractivity contribution in [3.8, 4) is 0 Å². The highest BCUT2D eigenvalue weighted by Crippen LogP contribution is 2.30. The van der Waals surface area contributed by atoms with Crippen LogP contribution in [0.25, 0.3) is 0 Å². The van der Waals surface area contributed by atoms with E-state index in [2.05, 4.69) is 4.98 Å². The lowest BCUT2D eigenvalue weighted by Crippen LogP contribution is -2.27. The van der Waals surface area contributed by atoms with Crippen LogP contribution in [-0.2, 0) is 23.1 Å². The van der Waals surface area contributed by atoms with Gasteiger partial charge >= 0.3 is 0 Å². The van der Waals surface area contributed by atoms with E-state index in [1.807, 2.05) is 0 Å². The van der Waals surface area contributed by atoms with Gasteiger partial charge in [-0.05, 0) is 6.92 Å². The van der Waals surface area contributed by atoms with Gasteiger partial charge in [-0.1, -0.05) is 0 Å². The minimum atomic E-state index is -3.09. The summed E-state index contributed by atoms with van der Waals surface area (Å²) >= 11 is 1.37. The van der Waals surface area contributed by atoms with Gasteiger partial charge < -0.3 is 5.73 Å². The van der Waals surface area contributed by atoms with Gasteiger partial charge in [0.25, 0.3) is 0 Å². The fourth-order valence-corrected chi connectivity index (χ4v) is 3.36. The maximum Gasteiger partial charge on any atom is 0.214 e. The summed E-state index contributed by atoms with van der Waals surface area (Å²) in [5.74, 6) is 0.136. The number of fused-ring (bicyclic) bond motifs is 1. The Kier molecular flexibility index (Phi) is 2.24. The van der Waals surface area contributed by atoms with E-state index in [0.29, 0.717) is 18.2 Å². The Morgan fingerprint density at radius 2 is 2.29 bits per heavy atom. The highest BCUT2D eigenvalue weighted by atomic mass is 32.2. The number of hydrogen-bond acceptors (Lipinski definition) is 5. The van der Waals surface area contributed by atoms with Crippen LogP contribution in [-0.4, -0.2) is 23.5 Å². The molecule has 0 radical (unpaired) electrons. The number of nitrogens with zero attached hydrogens (tertiary/aromatic N) is 2. The number of aromatic nitrogens is 1. The third-order valence-corrected chi connectivity index (χ3v) is 4.89. The number of sulfonamides is 1. The van der Waals surface area contributed by atoms with E-state index < -0.39 is 10.0 Å².